The van der Waals surface area contributed by atoms with Gasteiger partial charge in [0, 0.05) is 47.1 Å². The van der Waals surface area contributed by atoms with Gasteiger partial charge in [0.1, 0.15) is 23.1 Å². The van der Waals surface area contributed by atoms with Crippen molar-refractivity contribution in [1.29, 1.82) is 0 Å². The average molecular weight is 728 g/mol. The van der Waals surface area contributed by atoms with E-state index in [9.17, 15) is 9.59 Å². The lowest BCUT2D eigenvalue weighted by Crippen LogP contribution is -2.63. The van der Waals surface area contributed by atoms with Crippen molar-refractivity contribution in [2.24, 2.45) is 28.0 Å². The molecule has 4 saturated carbocycles. The van der Waals surface area contributed by atoms with Crippen molar-refractivity contribution in [3.05, 3.63) is 74.2 Å². The zero-order valence-electron chi connectivity index (χ0n) is 32.3. The van der Waals surface area contributed by atoms with Gasteiger partial charge in [0.25, 0.3) is 5.91 Å². The van der Waals surface area contributed by atoms with Gasteiger partial charge in [-0.3, -0.25) is 9.59 Å². The number of aryl methyl sites for hydroxylation is 1. The lowest BCUT2D eigenvalue weighted by Gasteiger charge is -2.57. The van der Waals surface area contributed by atoms with Crippen LogP contribution in [-0.4, -0.2) is 46.7 Å². The Labute approximate surface area is 315 Å². The molecule has 12 nitrogen and oxygen atoms in total. The smallest absolute Gasteiger partial charge is 0.268 e. The third-order valence-corrected chi connectivity index (χ3v) is 11.3. The van der Waals surface area contributed by atoms with E-state index in [0.29, 0.717) is 49.5 Å². The number of benzene rings is 1. The van der Waals surface area contributed by atoms with Crippen molar-refractivity contribution in [1.82, 2.24) is 15.2 Å². The number of nitrogens with zero attached hydrogens (tertiary/aromatic N) is 7. The second kappa shape index (κ2) is 19.3. The Hall–Kier alpha value is -4.14. The Balaban J connectivity index is 1.30. The van der Waals surface area contributed by atoms with Crippen LogP contribution in [0.5, 0.6) is 5.75 Å². The Morgan fingerprint density at radius 1 is 0.830 bits per heavy atom. The summed E-state index contributed by atoms with van der Waals surface area (Å²) in [5.74, 6) is 2.55. The van der Waals surface area contributed by atoms with E-state index in [2.05, 4.69) is 41.3 Å². The number of nitrogens with one attached hydrogen (secondary N) is 2. The summed E-state index contributed by atoms with van der Waals surface area (Å²) in [4.78, 5) is 34.3. The van der Waals surface area contributed by atoms with Crippen molar-refractivity contribution in [2.45, 2.75) is 154 Å². The monoisotopic (exact) mass is 727 g/mol. The fourth-order valence-electron chi connectivity index (χ4n) is 9.44. The maximum Gasteiger partial charge on any atom is 0.268 e. The quantitative estimate of drug-likeness (QED) is 0.0533. The minimum absolute atomic E-state index is 0.0888. The molecule has 4 aliphatic rings. The maximum atomic E-state index is 14.3. The number of amides is 2. The summed E-state index contributed by atoms with van der Waals surface area (Å²) in [5, 5.41) is 14.0. The fourth-order valence-corrected chi connectivity index (χ4v) is 9.44. The zero-order valence-corrected chi connectivity index (χ0v) is 32.3. The van der Waals surface area contributed by atoms with Crippen LogP contribution in [0.25, 0.3) is 20.9 Å². The van der Waals surface area contributed by atoms with Crippen LogP contribution in [0, 0.1) is 17.8 Å². The minimum atomic E-state index is -0.720. The number of unbranched alkanes of at least 4 members (excludes halogenated alkanes) is 7. The van der Waals surface area contributed by atoms with Crippen LogP contribution in [0.4, 0.5) is 0 Å². The van der Waals surface area contributed by atoms with Crippen molar-refractivity contribution >= 4 is 11.8 Å². The predicted molar refractivity (Wildman–Crippen MR) is 209 cm³/mol. The van der Waals surface area contributed by atoms with Gasteiger partial charge in [-0.15, -0.1) is 0 Å². The predicted octanol–water partition coefficient (Wildman–Crippen LogP) is 9.77. The molecule has 0 saturated heterocycles. The summed E-state index contributed by atoms with van der Waals surface area (Å²) < 4.78 is 8.20. The average Bonchev–Trinajstić information content (AvgIpc) is 3.50. The molecule has 0 aliphatic heterocycles. The summed E-state index contributed by atoms with van der Waals surface area (Å²) in [6.45, 7) is 7.81. The van der Waals surface area contributed by atoms with Crippen molar-refractivity contribution in [3.63, 3.8) is 0 Å². The van der Waals surface area contributed by atoms with E-state index in [1.807, 2.05) is 51.1 Å². The number of aromatic nitrogens is 1. The van der Waals surface area contributed by atoms with Crippen LogP contribution in [0.15, 0.2) is 46.6 Å². The SMILES string of the molecule is CC(C)(C)Oc1ccc(C[C@H](NC(=O)c2ccc(CCCCCCCN=[N+]=[N-])n2CCCCCCN=[N+]=[N-])C(=O)NC23CC4CC(CC(C4)C2)C3)cc1. The van der Waals surface area contributed by atoms with Gasteiger partial charge < -0.3 is 19.9 Å². The standard InChI is InChI=1S/C41H61N9O3/c1-40(2,3)53-35-17-14-30(15-18-35)26-36(38(51)47-41-27-31-23-32(28-41)25-33(24-31)29-41)46-39(52)37-19-16-34(13-9-5-4-6-10-20-44-48-42)50(37)22-12-8-7-11-21-45-49-43/h14-19,31-33,36H,4-13,20-29H2,1-3H3,(H,46,52)(H,47,51)/t31?,32?,33?,36-,41?/m0/s1. The molecule has 0 unspecified atom stereocenters. The van der Waals surface area contributed by atoms with Crippen LogP contribution in [-0.2, 0) is 24.2 Å². The van der Waals surface area contributed by atoms with Crippen molar-refractivity contribution in [3.8, 4) is 5.75 Å². The molecule has 0 spiro atoms. The number of hydrogen-bond donors (Lipinski definition) is 2. The first-order valence-electron chi connectivity index (χ1n) is 20.2. The second-order valence-corrected chi connectivity index (χ2v) is 17.0. The van der Waals surface area contributed by atoms with Crippen LogP contribution in [0.1, 0.15) is 139 Å². The molecule has 2 N–H and O–H groups in total. The molecule has 4 fully saturated rings. The highest BCUT2D eigenvalue weighted by atomic mass is 16.5. The lowest BCUT2D eigenvalue weighted by molar-refractivity contribution is -0.128. The van der Waals surface area contributed by atoms with E-state index in [-0.39, 0.29) is 23.0 Å². The van der Waals surface area contributed by atoms with E-state index < -0.39 is 6.04 Å². The number of rotatable bonds is 22. The number of azide groups is 2. The molecule has 288 valence electrons. The third-order valence-electron chi connectivity index (χ3n) is 11.3. The van der Waals surface area contributed by atoms with Gasteiger partial charge in [-0.2, -0.15) is 0 Å². The molecule has 1 atom stereocenters. The molecule has 1 aromatic carbocycles. The zero-order chi connectivity index (χ0) is 37.7. The van der Waals surface area contributed by atoms with Gasteiger partial charge in [-0.05, 0) is 150 Å². The largest absolute Gasteiger partial charge is 0.488 e. The Morgan fingerprint density at radius 3 is 1.98 bits per heavy atom. The summed E-state index contributed by atoms with van der Waals surface area (Å²) in [5.41, 5.74) is 19.3. The molecule has 53 heavy (non-hydrogen) atoms. The van der Waals surface area contributed by atoms with E-state index >= 15 is 0 Å². The highest BCUT2D eigenvalue weighted by molar-refractivity contribution is 5.97. The van der Waals surface area contributed by atoms with E-state index in [4.69, 9.17) is 15.8 Å². The van der Waals surface area contributed by atoms with Crippen LogP contribution in [0.3, 0.4) is 0 Å². The first-order valence-corrected chi connectivity index (χ1v) is 20.2. The molecule has 4 aliphatic carbocycles. The summed E-state index contributed by atoms with van der Waals surface area (Å²) in [6.07, 6.45) is 17.0. The highest BCUT2D eigenvalue weighted by Gasteiger charge is 2.52. The number of hydrogen-bond acceptors (Lipinski definition) is 5. The number of carbonyl (C=O) groups is 2. The van der Waals surface area contributed by atoms with Crippen molar-refractivity contribution < 1.29 is 14.3 Å². The molecular formula is C41H61N9O3. The van der Waals surface area contributed by atoms with Crippen LogP contribution in [0.2, 0.25) is 0 Å². The molecule has 6 rings (SSSR count). The second-order valence-electron chi connectivity index (χ2n) is 17.0. The molecule has 2 aromatic rings. The normalized spacial score (nSPS) is 22.1. The topological polar surface area (TPSA) is 170 Å². The van der Waals surface area contributed by atoms with E-state index in [1.54, 1.807) is 0 Å². The first kappa shape index (κ1) is 40.1. The molecule has 0 radical (unpaired) electrons. The number of ether oxygens (including phenoxy) is 1. The molecule has 1 aromatic heterocycles. The van der Waals surface area contributed by atoms with Gasteiger partial charge >= 0.3 is 0 Å². The van der Waals surface area contributed by atoms with Gasteiger partial charge in [0.05, 0.1) is 0 Å². The summed E-state index contributed by atoms with van der Waals surface area (Å²) in [7, 11) is 0. The summed E-state index contributed by atoms with van der Waals surface area (Å²) >= 11 is 0. The Morgan fingerprint density at radius 2 is 1.40 bits per heavy atom. The minimum Gasteiger partial charge on any atom is -0.488 e. The Bertz CT molecular complexity index is 1560. The van der Waals surface area contributed by atoms with E-state index in [0.717, 1.165) is 100 Å². The van der Waals surface area contributed by atoms with Crippen LogP contribution < -0.4 is 15.4 Å². The van der Waals surface area contributed by atoms with Crippen LogP contribution >= 0.6 is 0 Å². The van der Waals surface area contributed by atoms with Gasteiger partial charge in [0.2, 0.25) is 5.91 Å². The molecule has 4 bridgehead atoms. The third kappa shape index (κ3) is 12.2. The highest BCUT2D eigenvalue weighted by Crippen LogP contribution is 2.55. The van der Waals surface area contributed by atoms with E-state index in [1.165, 1.54) is 19.3 Å². The molecule has 2 amide bonds. The van der Waals surface area contributed by atoms with Gasteiger partial charge in [-0.1, -0.05) is 54.5 Å². The molecule has 1 heterocycles. The summed E-state index contributed by atoms with van der Waals surface area (Å²) in [6, 6.07) is 11.1. The number of carbonyl (C=O) groups excluding carboxylic acids is 2. The van der Waals surface area contributed by atoms with Gasteiger partial charge in [-0.25, -0.2) is 0 Å². The Kier molecular flexibility index (Phi) is 14.6. The molecule has 12 heteroatoms. The first-order chi connectivity index (χ1) is 25.6. The maximum absolute atomic E-state index is 14.3. The molecular weight excluding hydrogens is 667 g/mol. The lowest BCUT2D eigenvalue weighted by atomic mass is 9.53. The fraction of sp³-hybridized carbons (Fsp3) is 0.707. The van der Waals surface area contributed by atoms with Gasteiger partial charge in [0.15, 0.2) is 0 Å². The van der Waals surface area contributed by atoms with Crippen molar-refractivity contribution in [2.75, 3.05) is 13.1 Å².